The van der Waals surface area contributed by atoms with Gasteiger partial charge in [0, 0.05) is 49.3 Å². The van der Waals surface area contributed by atoms with E-state index in [2.05, 4.69) is 218 Å². The van der Waals surface area contributed by atoms with Crippen molar-refractivity contribution < 1.29 is 44.6 Å². The molecule has 0 spiro atoms. The minimum Gasteiger partial charge on any atom is -0.497 e. The lowest BCUT2D eigenvalue weighted by Gasteiger charge is -2.32. The second kappa shape index (κ2) is 46.9. The first-order valence-corrected chi connectivity index (χ1v) is 54.1. The maximum absolute atomic E-state index is 6.07. The predicted molar refractivity (Wildman–Crippen MR) is 442 cm³/mol. The van der Waals surface area contributed by atoms with Crippen molar-refractivity contribution in [3.8, 4) is 11.5 Å². The van der Waals surface area contributed by atoms with E-state index in [0.29, 0.717) is 0 Å². The average Bonchev–Trinajstić information content (AvgIpc) is 0.806. The lowest BCUT2D eigenvalue weighted by Crippen LogP contribution is -2.62. The summed E-state index contributed by atoms with van der Waals surface area (Å²) in [6.45, 7) is 36.4. The summed E-state index contributed by atoms with van der Waals surface area (Å²) in [6, 6.07) is 80.8. The van der Waals surface area contributed by atoms with Gasteiger partial charge < -0.3 is 44.6 Å². The first-order chi connectivity index (χ1) is 43.4. The van der Waals surface area contributed by atoms with E-state index in [1.165, 1.54) is 25.9 Å². The molecule has 8 aromatic carbocycles. The Morgan fingerprint density at radius 2 is 0.531 bits per heavy atom. The molecule has 0 heterocycles. The van der Waals surface area contributed by atoms with Crippen molar-refractivity contribution in [2.24, 2.45) is 0 Å². The summed E-state index contributed by atoms with van der Waals surface area (Å²) >= 11 is 0. The molecule has 0 unspecified atom stereocenters. The topological polar surface area (TPSA) is 92.3 Å². The molecule has 534 valence electrons. The monoisotopic (exact) mass is 1450 g/mol. The van der Waals surface area contributed by atoms with Crippen LogP contribution in [0.3, 0.4) is 0 Å². The van der Waals surface area contributed by atoms with Crippen molar-refractivity contribution in [3.63, 3.8) is 0 Å². The highest BCUT2D eigenvalue weighted by Gasteiger charge is 2.40. The van der Waals surface area contributed by atoms with Crippen molar-refractivity contribution in [1.29, 1.82) is 0 Å². The van der Waals surface area contributed by atoms with E-state index in [4.69, 9.17) is 44.6 Å². The molecule has 96 heavy (non-hydrogen) atoms. The van der Waals surface area contributed by atoms with Crippen LogP contribution >= 0.6 is 0 Å². The van der Waals surface area contributed by atoms with Gasteiger partial charge in [0.1, 0.15) is 27.6 Å². The highest BCUT2D eigenvalue weighted by atomic mass is 28.4. The van der Waals surface area contributed by atoms with Crippen LogP contribution in [-0.4, -0.2) is 130 Å². The molecule has 0 N–H and O–H groups in total. The molecule has 8 rings (SSSR count). The predicted octanol–water partition coefficient (Wildman–Crippen LogP) is 16.6. The summed E-state index contributed by atoms with van der Waals surface area (Å²) in [5.74, 6) is 1.81. The van der Waals surface area contributed by atoms with Crippen molar-refractivity contribution in [2.75, 3.05) is 63.5 Å². The summed E-state index contributed by atoms with van der Waals surface area (Å²) in [7, 11) is 0.0155. The molecule has 0 aliphatic carbocycles. The molecule has 0 atom stereocenters. The van der Waals surface area contributed by atoms with Crippen LogP contribution in [0, 0.1) is 0 Å². The molecule has 0 radical (unpaired) electrons. The van der Waals surface area contributed by atoms with Gasteiger partial charge >= 0.3 is 34.2 Å². The Bertz CT molecular complexity index is 3020. The van der Waals surface area contributed by atoms with Gasteiger partial charge in [-0.1, -0.05) is 315 Å². The normalized spacial score (nSPS) is 11.2. The van der Waals surface area contributed by atoms with Crippen LogP contribution in [0.1, 0.15) is 43.6 Å². The third-order valence-electron chi connectivity index (χ3n) is 16.1. The van der Waals surface area contributed by atoms with Gasteiger partial charge in [-0.15, -0.1) is 0 Å². The fourth-order valence-electron chi connectivity index (χ4n) is 9.29. The SMILES string of the molecule is C.C.C.C.CCO[Si](C)(C)O[Si](C)(C)CC.CO[Si](C)(C)OC.CO[Si](C)(OC)c1ccccc1.CO[Si](OC)(c1ccccc1)c1ccccc1.COc1ccc([Si](C)(C)c2ccc(OC)cc2)cc1.C[Si](C)(C)c1ccccc1.C[Si](C)(c1ccccc1)c1ccccc1. The van der Waals surface area contributed by atoms with Gasteiger partial charge in [-0.05, 0) is 98.6 Å². The van der Waals surface area contributed by atoms with Crippen molar-refractivity contribution in [3.05, 3.63) is 231 Å². The fourth-order valence-corrected chi connectivity index (χ4v) is 26.3. The number of ether oxygens (including phenoxy) is 2. The quantitative estimate of drug-likeness (QED) is 0.0648. The zero-order valence-corrected chi connectivity index (χ0v) is 68.4. The summed E-state index contributed by atoms with van der Waals surface area (Å²) in [5, 5.41) is 10.7. The fraction of sp³-hybridized carbons (Fsp3) is 0.385. The van der Waals surface area contributed by atoms with Gasteiger partial charge in [0.05, 0.1) is 22.3 Å². The molecule has 0 aliphatic heterocycles. The second-order valence-corrected chi connectivity index (χ2v) is 57.5. The van der Waals surface area contributed by atoms with Crippen molar-refractivity contribution in [1.82, 2.24) is 0 Å². The van der Waals surface area contributed by atoms with Crippen LogP contribution in [0.4, 0.5) is 0 Å². The largest absolute Gasteiger partial charge is 0.497 e. The summed E-state index contributed by atoms with van der Waals surface area (Å²) in [4.78, 5) is 0. The summed E-state index contributed by atoms with van der Waals surface area (Å²) in [6.07, 6.45) is 0. The number of rotatable bonds is 21. The van der Waals surface area contributed by atoms with Gasteiger partial charge in [0.25, 0.3) is 0 Å². The number of methoxy groups -OCH3 is 2. The van der Waals surface area contributed by atoms with Gasteiger partial charge in [0.2, 0.25) is 0 Å². The Morgan fingerprint density at radius 3 is 0.740 bits per heavy atom. The summed E-state index contributed by atoms with van der Waals surface area (Å²) in [5.41, 5.74) is 0. The number of benzene rings is 8. The molecule has 0 fully saturated rings. The van der Waals surface area contributed by atoms with Crippen molar-refractivity contribution >= 4 is 108 Å². The first-order valence-electron chi connectivity index (χ1n) is 31.7. The number of hydrogen-bond donors (Lipinski definition) is 0. The lowest BCUT2D eigenvalue weighted by atomic mass is 10.3. The van der Waals surface area contributed by atoms with E-state index >= 15 is 0 Å². The Morgan fingerprint density at radius 1 is 0.271 bits per heavy atom. The van der Waals surface area contributed by atoms with E-state index in [1.807, 2.05) is 118 Å². The molecule has 18 heteroatoms. The van der Waals surface area contributed by atoms with Crippen LogP contribution in [0.25, 0.3) is 0 Å². The smallest absolute Gasteiger partial charge is 0.406 e. The first kappa shape index (κ1) is 95.0. The minimum atomic E-state index is -2.50. The summed E-state index contributed by atoms with van der Waals surface area (Å²) < 4.78 is 54.5. The Balaban J connectivity index is -0.00000106. The highest BCUT2D eigenvalue weighted by molar-refractivity contribution is 7.01. The molecule has 8 aromatic rings. The third kappa shape index (κ3) is 32.2. The molecule has 0 aliphatic rings. The maximum Gasteiger partial charge on any atom is 0.406 e. The molecule has 10 nitrogen and oxygen atoms in total. The average molecular weight is 1450 g/mol. The van der Waals surface area contributed by atoms with Crippen LogP contribution in [-0.2, 0) is 35.1 Å². The maximum atomic E-state index is 6.07. The second-order valence-electron chi connectivity index (χ2n) is 25.4. The van der Waals surface area contributed by atoms with E-state index < -0.39 is 66.8 Å². The van der Waals surface area contributed by atoms with Crippen LogP contribution in [0.15, 0.2) is 231 Å². The van der Waals surface area contributed by atoms with E-state index in [-0.39, 0.29) is 29.7 Å². The van der Waals surface area contributed by atoms with Crippen LogP contribution in [0.5, 0.6) is 11.5 Å². The zero-order chi connectivity index (χ0) is 69.1. The van der Waals surface area contributed by atoms with Gasteiger partial charge in [-0.25, -0.2) is 0 Å². The van der Waals surface area contributed by atoms with E-state index in [1.54, 1.807) is 56.9 Å². The zero-order valence-electron chi connectivity index (χ0n) is 60.4. The van der Waals surface area contributed by atoms with Gasteiger partial charge in [-0.3, -0.25) is 0 Å². The molecule has 0 saturated carbocycles. The van der Waals surface area contributed by atoms with E-state index in [0.717, 1.165) is 39.7 Å². The van der Waals surface area contributed by atoms with Gasteiger partial charge in [-0.2, -0.15) is 0 Å². The van der Waals surface area contributed by atoms with Crippen LogP contribution in [0.2, 0.25) is 97.7 Å². The minimum absolute atomic E-state index is 0. The standard InChI is InChI=1S/C16H20O2Si.C14H16O2Si.C14H16Si.C9H14O2Si.C9H14Si.C8H22O2Si2.C4H12O2Si.4CH4/c1-17-13-5-9-15(10-6-13)19(3,4)16-11-7-14(18-2)8-12-16;1-15-17(16-2,13-9-5-3-6-10-13)14-11-7-4-8-12-14;1-15(2,13-9-5-3-6-10-13)14-11-7-4-8-12-14;1-10-12(3,11-2)9-7-5-4-6-8-9;1-10(2,3)9-7-5-4-6-8-9;1-7-9-12(5,6)10-11(3,4)8-2;1-5-7(3,4)6-2;;;;/h5-12H,1-4H3;3-12H,1-2H3;3-12H,1-2H3;4-8H,1-3H3;4-8H,1-3H3;7-8H2,1-6H3;1-4H3;4*1H4. The molecule has 0 saturated heterocycles. The van der Waals surface area contributed by atoms with Crippen LogP contribution < -0.4 is 51.0 Å². The molecule has 0 amide bonds. The third-order valence-corrected chi connectivity index (χ3v) is 40.3. The molecular weight excluding hydrogens is 1320 g/mol. The van der Waals surface area contributed by atoms with E-state index in [9.17, 15) is 0 Å². The number of hydrogen-bond acceptors (Lipinski definition) is 10. The molecular formula is C78H130O10Si8. The molecule has 0 aromatic heterocycles. The Hall–Kier alpha value is -5.22. The highest BCUT2D eigenvalue weighted by Crippen LogP contribution is 2.19. The molecule has 0 bridgehead atoms. The Labute approximate surface area is 595 Å². The van der Waals surface area contributed by atoms with Gasteiger partial charge in [0.15, 0.2) is 8.32 Å². The van der Waals surface area contributed by atoms with Crippen molar-refractivity contribution in [2.45, 2.75) is 141 Å². The Kier molecular flexibility index (Phi) is 46.4. The lowest BCUT2D eigenvalue weighted by molar-refractivity contribution is 0.257.